The molecule has 0 bridgehead atoms. The van der Waals surface area contributed by atoms with Crippen LogP contribution in [0.2, 0.25) is 0 Å². The summed E-state index contributed by atoms with van der Waals surface area (Å²) in [6, 6.07) is 6.81. The van der Waals surface area contributed by atoms with E-state index in [0.29, 0.717) is 6.42 Å². The second kappa shape index (κ2) is 6.03. The fourth-order valence-corrected chi connectivity index (χ4v) is 1.59. The van der Waals surface area contributed by atoms with Crippen LogP contribution in [0.5, 0.6) is 0 Å². The summed E-state index contributed by atoms with van der Waals surface area (Å²) in [5, 5.41) is 11.3. The summed E-state index contributed by atoms with van der Waals surface area (Å²) < 4.78 is 0. The quantitative estimate of drug-likeness (QED) is 0.813. The van der Waals surface area contributed by atoms with Crippen molar-refractivity contribution in [2.24, 2.45) is 0 Å². The van der Waals surface area contributed by atoms with Crippen molar-refractivity contribution in [2.45, 2.75) is 32.7 Å². The molecule has 0 saturated carbocycles. The molecule has 0 fully saturated rings. The van der Waals surface area contributed by atoms with E-state index in [1.807, 2.05) is 31.2 Å². The Balaban J connectivity index is 2.58. The van der Waals surface area contributed by atoms with Gasteiger partial charge in [0.1, 0.15) is 6.04 Å². The Labute approximate surface area is 101 Å². The van der Waals surface area contributed by atoms with Gasteiger partial charge in [-0.25, -0.2) is 4.79 Å². The smallest absolute Gasteiger partial charge is 0.326 e. The molecule has 1 atom stereocenters. The number of carbonyl (C=O) groups excluding carboxylic acids is 1. The highest BCUT2D eigenvalue weighted by Crippen LogP contribution is 2.05. The van der Waals surface area contributed by atoms with Gasteiger partial charge in [-0.3, -0.25) is 4.79 Å². The molecule has 92 valence electrons. The van der Waals surface area contributed by atoms with Crippen molar-refractivity contribution in [1.82, 2.24) is 5.32 Å². The normalized spacial score (nSPS) is 11.9. The number of benzene rings is 1. The van der Waals surface area contributed by atoms with Crippen molar-refractivity contribution < 1.29 is 14.7 Å². The molecule has 4 heteroatoms. The molecule has 4 nitrogen and oxygen atoms in total. The van der Waals surface area contributed by atoms with Crippen LogP contribution in [-0.2, 0) is 16.0 Å². The predicted molar refractivity (Wildman–Crippen MR) is 64.7 cm³/mol. The number of aliphatic carboxylic acids is 1. The second-order valence-electron chi connectivity index (χ2n) is 4.03. The Morgan fingerprint density at radius 3 is 2.65 bits per heavy atom. The molecule has 1 aromatic rings. The van der Waals surface area contributed by atoms with Crippen molar-refractivity contribution in [3.63, 3.8) is 0 Å². The number of amides is 1. The van der Waals surface area contributed by atoms with Gasteiger partial charge in [0.05, 0.1) is 6.42 Å². The van der Waals surface area contributed by atoms with Crippen molar-refractivity contribution in [3.8, 4) is 0 Å². The molecule has 1 rings (SSSR count). The monoisotopic (exact) mass is 235 g/mol. The maximum Gasteiger partial charge on any atom is 0.326 e. The summed E-state index contributed by atoms with van der Waals surface area (Å²) in [5.41, 5.74) is 1.98. The minimum Gasteiger partial charge on any atom is -0.480 e. The minimum absolute atomic E-state index is 0.214. The van der Waals surface area contributed by atoms with E-state index >= 15 is 0 Å². The number of hydrogen-bond donors (Lipinski definition) is 2. The van der Waals surface area contributed by atoms with Crippen molar-refractivity contribution in [2.75, 3.05) is 0 Å². The highest BCUT2D eigenvalue weighted by molar-refractivity contribution is 5.84. The third kappa shape index (κ3) is 4.26. The number of carboxylic acid groups (broad SMARTS) is 1. The second-order valence-corrected chi connectivity index (χ2v) is 4.03. The fraction of sp³-hybridized carbons (Fsp3) is 0.385. The van der Waals surface area contributed by atoms with Crippen LogP contribution in [0.3, 0.4) is 0 Å². The predicted octanol–water partition coefficient (Wildman–Crippen LogP) is 1.52. The molecule has 0 aliphatic heterocycles. The van der Waals surface area contributed by atoms with E-state index in [0.717, 1.165) is 11.1 Å². The third-order valence-corrected chi connectivity index (χ3v) is 2.49. The van der Waals surface area contributed by atoms with Crippen molar-refractivity contribution in [3.05, 3.63) is 35.4 Å². The molecule has 0 heterocycles. The van der Waals surface area contributed by atoms with Gasteiger partial charge >= 0.3 is 5.97 Å². The van der Waals surface area contributed by atoms with E-state index in [-0.39, 0.29) is 12.3 Å². The highest BCUT2D eigenvalue weighted by atomic mass is 16.4. The molecule has 0 aliphatic rings. The molecule has 0 aromatic heterocycles. The molecule has 0 radical (unpaired) electrons. The highest BCUT2D eigenvalue weighted by Gasteiger charge is 2.17. The van der Waals surface area contributed by atoms with E-state index in [2.05, 4.69) is 5.32 Å². The first-order valence-corrected chi connectivity index (χ1v) is 5.60. The Morgan fingerprint density at radius 1 is 1.41 bits per heavy atom. The summed E-state index contributed by atoms with van der Waals surface area (Å²) >= 11 is 0. The zero-order valence-corrected chi connectivity index (χ0v) is 10.1. The van der Waals surface area contributed by atoms with Crippen LogP contribution < -0.4 is 5.32 Å². The van der Waals surface area contributed by atoms with Gasteiger partial charge < -0.3 is 10.4 Å². The molecular formula is C13H17NO3. The van der Waals surface area contributed by atoms with E-state index in [1.54, 1.807) is 6.92 Å². The molecule has 17 heavy (non-hydrogen) atoms. The van der Waals surface area contributed by atoms with Gasteiger partial charge in [-0.05, 0) is 18.9 Å². The van der Waals surface area contributed by atoms with Crippen LogP contribution in [0.4, 0.5) is 0 Å². The first kappa shape index (κ1) is 13.2. The Morgan fingerprint density at radius 2 is 2.12 bits per heavy atom. The molecule has 0 unspecified atom stereocenters. The van der Waals surface area contributed by atoms with E-state index in [1.165, 1.54) is 0 Å². The standard InChI is InChI=1S/C13H17NO3/c1-3-11(13(16)17)14-12(15)8-10-6-4-5-9(2)7-10/h4-7,11H,3,8H2,1-2H3,(H,14,15)(H,16,17)/t11-/m0/s1. The van der Waals surface area contributed by atoms with Gasteiger partial charge in [0.2, 0.25) is 5.91 Å². The lowest BCUT2D eigenvalue weighted by atomic mass is 10.1. The number of carbonyl (C=O) groups is 2. The number of nitrogens with one attached hydrogen (secondary N) is 1. The summed E-state index contributed by atoms with van der Waals surface area (Å²) in [7, 11) is 0. The van der Waals surface area contributed by atoms with Crippen LogP contribution in [0.15, 0.2) is 24.3 Å². The van der Waals surface area contributed by atoms with E-state index < -0.39 is 12.0 Å². The van der Waals surface area contributed by atoms with Crippen molar-refractivity contribution >= 4 is 11.9 Å². The third-order valence-electron chi connectivity index (χ3n) is 2.49. The maximum absolute atomic E-state index is 11.6. The lowest BCUT2D eigenvalue weighted by Gasteiger charge is -2.12. The molecule has 2 N–H and O–H groups in total. The number of carboxylic acids is 1. The zero-order valence-electron chi connectivity index (χ0n) is 10.1. The van der Waals surface area contributed by atoms with Gasteiger partial charge in [0.25, 0.3) is 0 Å². The summed E-state index contributed by atoms with van der Waals surface area (Å²) in [6.45, 7) is 3.68. The Kier molecular flexibility index (Phi) is 4.69. The first-order chi connectivity index (χ1) is 8.02. The molecule has 1 amide bonds. The maximum atomic E-state index is 11.6. The van der Waals surface area contributed by atoms with E-state index in [9.17, 15) is 9.59 Å². The van der Waals surface area contributed by atoms with Gasteiger partial charge in [-0.15, -0.1) is 0 Å². The van der Waals surface area contributed by atoms with Gasteiger partial charge in [0.15, 0.2) is 0 Å². The summed E-state index contributed by atoms with van der Waals surface area (Å²) in [5.74, 6) is -1.25. The largest absolute Gasteiger partial charge is 0.480 e. The topological polar surface area (TPSA) is 66.4 Å². The van der Waals surface area contributed by atoms with Crippen molar-refractivity contribution in [1.29, 1.82) is 0 Å². The Hall–Kier alpha value is -1.84. The number of rotatable bonds is 5. The summed E-state index contributed by atoms with van der Waals surface area (Å²) in [6.07, 6.45) is 0.598. The first-order valence-electron chi connectivity index (χ1n) is 5.60. The molecular weight excluding hydrogens is 218 g/mol. The Bertz CT molecular complexity index is 415. The van der Waals surface area contributed by atoms with Crippen LogP contribution >= 0.6 is 0 Å². The van der Waals surface area contributed by atoms with Gasteiger partial charge in [0, 0.05) is 0 Å². The SMILES string of the molecule is CC[C@H](NC(=O)Cc1cccc(C)c1)C(=O)O. The van der Waals surface area contributed by atoms with Crippen LogP contribution in [0.1, 0.15) is 24.5 Å². The fourth-order valence-electron chi connectivity index (χ4n) is 1.59. The van der Waals surface area contributed by atoms with Crippen LogP contribution in [-0.4, -0.2) is 23.0 Å². The average Bonchev–Trinajstić information content (AvgIpc) is 2.25. The molecule has 1 aromatic carbocycles. The summed E-state index contributed by atoms with van der Waals surface area (Å²) in [4.78, 5) is 22.4. The zero-order chi connectivity index (χ0) is 12.8. The number of hydrogen-bond acceptors (Lipinski definition) is 2. The molecule has 0 saturated heterocycles. The minimum atomic E-state index is -0.995. The van der Waals surface area contributed by atoms with Gasteiger partial charge in [-0.2, -0.15) is 0 Å². The molecule has 0 spiro atoms. The van der Waals surface area contributed by atoms with Gasteiger partial charge in [-0.1, -0.05) is 36.8 Å². The van der Waals surface area contributed by atoms with E-state index in [4.69, 9.17) is 5.11 Å². The lowest BCUT2D eigenvalue weighted by molar-refractivity contribution is -0.141. The number of aryl methyl sites for hydroxylation is 1. The average molecular weight is 235 g/mol. The molecule has 0 aliphatic carbocycles. The van der Waals surface area contributed by atoms with Crippen LogP contribution in [0, 0.1) is 6.92 Å². The lowest BCUT2D eigenvalue weighted by Crippen LogP contribution is -2.40. The van der Waals surface area contributed by atoms with Crippen LogP contribution in [0.25, 0.3) is 0 Å².